The van der Waals surface area contributed by atoms with E-state index in [2.05, 4.69) is 9.97 Å². The van der Waals surface area contributed by atoms with Crippen LogP contribution in [0.5, 0.6) is 0 Å². The van der Waals surface area contributed by atoms with Crippen molar-refractivity contribution in [1.82, 2.24) is 9.97 Å². The molecule has 0 saturated heterocycles. The number of fused-ring (bicyclic) bond motifs is 1. The molecular weight excluding hydrogens is 324 g/mol. The fourth-order valence-electron chi connectivity index (χ4n) is 2.05. The van der Waals surface area contributed by atoms with Crippen LogP contribution in [0.2, 0.25) is 5.02 Å². The number of aliphatic hydroxyl groups is 1. The quantitative estimate of drug-likeness (QED) is 0.717. The van der Waals surface area contributed by atoms with Gasteiger partial charge in [0.05, 0.1) is 15.6 Å². The number of rotatable bonds is 2. The van der Waals surface area contributed by atoms with Crippen molar-refractivity contribution in [3.63, 3.8) is 0 Å². The third kappa shape index (κ3) is 2.75. The van der Waals surface area contributed by atoms with Gasteiger partial charge in [-0.25, -0.2) is 14.8 Å². The lowest BCUT2D eigenvalue weighted by molar-refractivity contribution is 0.515. The number of hydrogen-bond donors (Lipinski definition) is 1. The Hall–Kier alpha value is -2.18. The molecule has 1 N–H and O–H groups in total. The number of nitrogens with zero attached hydrogens (tertiary/aromatic N) is 2. The van der Waals surface area contributed by atoms with Crippen LogP contribution in [-0.2, 0) is 0 Å². The van der Waals surface area contributed by atoms with Crippen molar-refractivity contribution in [1.29, 1.82) is 0 Å². The first-order valence-electron chi connectivity index (χ1n) is 6.39. The second kappa shape index (κ2) is 5.55. The summed E-state index contributed by atoms with van der Waals surface area (Å²) in [6.07, 6.45) is 1.28. The minimum absolute atomic E-state index is 0.0118. The normalized spacial score (nSPS) is 12.0. The first kappa shape index (κ1) is 14.7. The molecule has 0 aliphatic carbocycles. The van der Waals surface area contributed by atoms with Gasteiger partial charge >= 0.3 is 5.63 Å². The second-order valence-corrected chi connectivity index (χ2v) is 6.32. The molecule has 3 aromatic rings. The van der Waals surface area contributed by atoms with Crippen molar-refractivity contribution in [2.75, 3.05) is 0 Å². The lowest BCUT2D eigenvalue weighted by atomic mass is 10.2. The first-order valence-corrected chi connectivity index (χ1v) is 7.59. The van der Waals surface area contributed by atoms with Crippen molar-refractivity contribution in [2.24, 2.45) is 0 Å². The summed E-state index contributed by atoms with van der Waals surface area (Å²) in [6.45, 7) is 3.64. The number of hydrogen-bond acceptors (Lipinski definition) is 6. The lowest BCUT2D eigenvalue weighted by Gasteiger charge is -2.00. The van der Waals surface area contributed by atoms with Gasteiger partial charge in [0, 0.05) is 11.1 Å². The summed E-state index contributed by atoms with van der Waals surface area (Å²) >= 11 is 7.25. The number of halogens is 1. The molecule has 0 bridgehead atoms. The summed E-state index contributed by atoms with van der Waals surface area (Å²) in [5.74, 6) is -0.0655. The fraction of sp³-hybridized carbons (Fsp3) is 0.133. The van der Waals surface area contributed by atoms with Crippen LogP contribution in [0, 0.1) is 13.8 Å². The molecule has 0 aliphatic rings. The Balaban J connectivity index is 2.13. The number of thiazole rings is 1. The van der Waals surface area contributed by atoms with E-state index in [0.717, 1.165) is 5.01 Å². The van der Waals surface area contributed by atoms with Crippen molar-refractivity contribution in [3.05, 3.63) is 54.9 Å². The van der Waals surface area contributed by atoms with Crippen LogP contribution in [-0.4, -0.2) is 15.1 Å². The molecule has 5 nitrogen and oxygen atoms in total. The average molecular weight is 335 g/mol. The zero-order valence-corrected chi connectivity index (χ0v) is 13.3. The molecular formula is C15H11ClN2O3S. The van der Waals surface area contributed by atoms with Crippen LogP contribution < -0.4 is 5.63 Å². The van der Waals surface area contributed by atoms with Gasteiger partial charge in [-0.2, -0.15) is 0 Å². The molecule has 0 amide bonds. The highest BCUT2D eigenvalue weighted by molar-refractivity contribution is 7.12. The lowest BCUT2D eigenvalue weighted by Crippen LogP contribution is -2.06. The molecule has 0 fully saturated rings. The van der Waals surface area contributed by atoms with E-state index in [1.54, 1.807) is 25.1 Å². The third-order valence-corrected chi connectivity index (χ3v) is 4.31. The largest absolute Gasteiger partial charge is 0.506 e. The molecule has 7 heteroatoms. The SMILES string of the molecule is Cc1nc(C)c(/C(O)=C/c2nc3cc(Cl)ccc3oc2=O)s1. The van der Waals surface area contributed by atoms with Crippen LogP contribution in [0.1, 0.15) is 21.3 Å². The molecule has 112 valence electrons. The van der Waals surface area contributed by atoms with Crippen molar-refractivity contribution < 1.29 is 9.52 Å². The molecule has 2 heterocycles. The molecule has 1 aromatic carbocycles. The van der Waals surface area contributed by atoms with Gasteiger partial charge in [0.15, 0.2) is 11.3 Å². The van der Waals surface area contributed by atoms with Crippen LogP contribution in [0.15, 0.2) is 27.4 Å². The molecule has 0 unspecified atom stereocenters. The summed E-state index contributed by atoms with van der Waals surface area (Å²) in [5.41, 5.74) is 0.877. The van der Waals surface area contributed by atoms with Crippen LogP contribution in [0.4, 0.5) is 0 Å². The van der Waals surface area contributed by atoms with Crippen molar-refractivity contribution in [2.45, 2.75) is 13.8 Å². The van der Waals surface area contributed by atoms with Gasteiger partial charge in [-0.05, 0) is 32.0 Å². The minimum Gasteiger partial charge on any atom is -0.506 e. The Morgan fingerprint density at radius 2 is 2.14 bits per heavy atom. The van der Waals surface area contributed by atoms with Gasteiger partial charge in [0.1, 0.15) is 11.3 Å². The number of aliphatic hydroxyl groups excluding tert-OH is 1. The second-order valence-electron chi connectivity index (χ2n) is 4.68. The van der Waals surface area contributed by atoms with Crippen LogP contribution >= 0.6 is 22.9 Å². The fourth-order valence-corrected chi connectivity index (χ4v) is 3.05. The molecule has 0 spiro atoms. The summed E-state index contributed by atoms with van der Waals surface area (Å²) in [7, 11) is 0. The maximum Gasteiger partial charge on any atom is 0.362 e. The third-order valence-electron chi connectivity index (χ3n) is 2.98. The number of benzene rings is 1. The highest BCUT2D eigenvalue weighted by atomic mass is 35.5. The standard InChI is InChI=1S/C15H11ClN2O3S/c1-7-14(22-8(2)17-7)12(19)6-11-15(20)21-13-4-3-9(16)5-10(13)18-11/h3-6,19H,1-2H3/b12-6-. The van der Waals surface area contributed by atoms with E-state index in [4.69, 9.17) is 16.0 Å². The molecule has 2 aromatic heterocycles. The maximum atomic E-state index is 11.9. The highest BCUT2D eigenvalue weighted by Crippen LogP contribution is 2.25. The van der Waals surface area contributed by atoms with E-state index < -0.39 is 5.63 Å². The summed E-state index contributed by atoms with van der Waals surface area (Å²) in [6, 6.07) is 4.79. The monoisotopic (exact) mass is 334 g/mol. The Morgan fingerprint density at radius 1 is 1.36 bits per heavy atom. The Labute approximate surface area is 134 Å². The van der Waals surface area contributed by atoms with E-state index in [1.165, 1.54) is 17.4 Å². The molecule has 0 atom stereocenters. The van der Waals surface area contributed by atoms with Gasteiger partial charge in [-0.3, -0.25) is 0 Å². The minimum atomic E-state index is -0.625. The van der Waals surface area contributed by atoms with Gasteiger partial charge in [0.2, 0.25) is 0 Å². The Morgan fingerprint density at radius 3 is 2.82 bits per heavy atom. The number of aryl methyl sites for hydroxylation is 2. The van der Waals surface area contributed by atoms with E-state index in [9.17, 15) is 9.90 Å². The zero-order chi connectivity index (χ0) is 15.9. The van der Waals surface area contributed by atoms with E-state index in [-0.39, 0.29) is 11.5 Å². The molecule has 3 rings (SSSR count). The topological polar surface area (TPSA) is 76.2 Å². The van der Waals surface area contributed by atoms with Crippen LogP contribution in [0.3, 0.4) is 0 Å². The summed E-state index contributed by atoms with van der Waals surface area (Å²) < 4.78 is 5.18. The molecule has 0 radical (unpaired) electrons. The predicted molar refractivity (Wildman–Crippen MR) is 87.4 cm³/mol. The van der Waals surface area contributed by atoms with E-state index in [0.29, 0.717) is 26.7 Å². The Kier molecular flexibility index (Phi) is 3.72. The first-order chi connectivity index (χ1) is 10.4. The van der Waals surface area contributed by atoms with Gasteiger partial charge in [-0.15, -0.1) is 11.3 Å². The van der Waals surface area contributed by atoms with Gasteiger partial charge < -0.3 is 9.52 Å². The predicted octanol–water partition coefficient (Wildman–Crippen LogP) is 3.97. The molecule has 22 heavy (non-hydrogen) atoms. The molecule has 0 saturated carbocycles. The zero-order valence-electron chi connectivity index (χ0n) is 11.8. The van der Waals surface area contributed by atoms with E-state index >= 15 is 0 Å². The van der Waals surface area contributed by atoms with Crippen molar-refractivity contribution in [3.8, 4) is 0 Å². The smallest absolute Gasteiger partial charge is 0.362 e. The average Bonchev–Trinajstić information content (AvgIpc) is 2.79. The summed E-state index contributed by atoms with van der Waals surface area (Å²) in [4.78, 5) is 21.0. The molecule has 0 aliphatic heterocycles. The van der Waals surface area contributed by atoms with Gasteiger partial charge in [0.25, 0.3) is 0 Å². The van der Waals surface area contributed by atoms with Gasteiger partial charge in [-0.1, -0.05) is 11.6 Å². The highest BCUT2D eigenvalue weighted by Gasteiger charge is 2.12. The van der Waals surface area contributed by atoms with Crippen molar-refractivity contribution >= 4 is 45.9 Å². The van der Waals surface area contributed by atoms with Crippen LogP contribution in [0.25, 0.3) is 22.9 Å². The number of aromatic nitrogens is 2. The van der Waals surface area contributed by atoms with E-state index in [1.807, 2.05) is 6.92 Å². The maximum absolute atomic E-state index is 11.9. The summed E-state index contributed by atoms with van der Waals surface area (Å²) in [5, 5.41) is 11.5. The Bertz CT molecular complexity index is 959.